The van der Waals surface area contributed by atoms with E-state index < -0.39 is 0 Å². The van der Waals surface area contributed by atoms with Crippen molar-refractivity contribution in [2.24, 2.45) is 5.92 Å². The molecule has 0 fully saturated rings. The molecule has 0 aliphatic carbocycles. The molecule has 1 aliphatic heterocycles. The van der Waals surface area contributed by atoms with Crippen molar-refractivity contribution in [3.63, 3.8) is 0 Å². The average Bonchev–Trinajstić information content (AvgIpc) is 2.75. The third kappa shape index (κ3) is 3.39. The fourth-order valence-corrected chi connectivity index (χ4v) is 1.91. The largest absolute Gasteiger partial charge is 0.493 e. The Balaban J connectivity index is 1.84. The maximum absolute atomic E-state index is 11.6. The van der Waals surface area contributed by atoms with Crippen LogP contribution >= 0.6 is 0 Å². The van der Waals surface area contributed by atoms with Gasteiger partial charge < -0.3 is 15.4 Å². The highest BCUT2D eigenvalue weighted by molar-refractivity contribution is 5.89. The first-order valence-corrected chi connectivity index (χ1v) is 6.46. The van der Waals surface area contributed by atoms with Gasteiger partial charge in [-0.05, 0) is 36.1 Å². The summed E-state index contributed by atoms with van der Waals surface area (Å²) in [5.41, 5.74) is 1.98. The van der Waals surface area contributed by atoms with Crippen LogP contribution in [0.3, 0.4) is 0 Å². The van der Waals surface area contributed by atoms with Gasteiger partial charge in [-0.25, -0.2) is 4.79 Å². The molecule has 98 valence electrons. The van der Waals surface area contributed by atoms with E-state index in [-0.39, 0.29) is 6.03 Å². The van der Waals surface area contributed by atoms with Crippen molar-refractivity contribution >= 4 is 11.7 Å². The average molecular weight is 248 g/mol. The second-order valence-corrected chi connectivity index (χ2v) is 4.98. The highest BCUT2D eigenvalue weighted by Crippen LogP contribution is 2.27. The summed E-state index contributed by atoms with van der Waals surface area (Å²) >= 11 is 0. The standard InChI is InChI=1S/C14H20N2O2/c1-10(2)5-7-15-14(17)16-12-3-4-13-11(9-12)6-8-18-13/h3-4,9-10H,5-8H2,1-2H3,(H2,15,16,17). The Labute approximate surface area is 108 Å². The van der Waals surface area contributed by atoms with Crippen LogP contribution in [0.1, 0.15) is 25.8 Å². The van der Waals surface area contributed by atoms with Crippen LogP contribution in [-0.4, -0.2) is 19.2 Å². The van der Waals surface area contributed by atoms with Gasteiger partial charge >= 0.3 is 6.03 Å². The molecule has 4 nitrogen and oxygen atoms in total. The molecule has 0 saturated carbocycles. The molecule has 18 heavy (non-hydrogen) atoms. The highest BCUT2D eigenvalue weighted by atomic mass is 16.5. The van der Waals surface area contributed by atoms with Gasteiger partial charge in [-0.2, -0.15) is 0 Å². The molecule has 0 bridgehead atoms. The molecule has 2 N–H and O–H groups in total. The lowest BCUT2D eigenvalue weighted by Crippen LogP contribution is -2.30. The Morgan fingerprint density at radius 3 is 3.06 bits per heavy atom. The molecule has 2 amide bonds. The predicted molar refractivity (Wildman–Crippen MR) is 72.1 cm³/mol. The first-order valence-electron chi connectivity index (χ1n) is 6.46. The summed E-state index contributed by atoms with van der Waals surface area (Å²) in [7, 11) is 0. The number of amides is 2. The number of nitrogens with one attached hydrogen (secondary N) is 2. The quantitative estimate of drug-likeness (QED) is 0.860. The summed E-state index contributed by atoms with van der Waals surface area (Å²) < 4.78 is 5.42. The number of anilines is 1. The molecule has 0 unspecified atom stereocenters. The topological polar surface area (TPSA) is 50.4 Å². The maximum Gasteiger partial charge on any atom is 0.319 e. The zero-order valence-corrected chi connectivity index (χ0v) is 11.0. The van der Waals surface area contributed by atoms with Gasteiger partial charge in [0.05, 0.1) is 6.61 Å². The van der Waals surface area contributed by atoms with Gasteiger partial charge in [0.25, 0.3) is 0 Å². The van der Waals surface area contributed by atoms with E-state index in [0.717, 1.165) is 36.4 Å². The van der Waals surface area contributed by atoms with Gasteiger partial charge in [-0.3, -0.25) is 0 Å². The Bertz CT molecular complexity index is 430. The SMILES string of the molecule is CC(C)CCNC(=O)Nc1ccc2c(c1)CCO2. The number of fused-ring (bicyclic) bond motifs is 1. The lowest BCUT2D eigenvalue weighted by atomic mass is 10.1. The molecule has 1 aliphatic rings. The molecule has 1 aromatic rings. The van der Waals surface area contributed by atoms with Crippen LogP contribution in [0.15, 0.2) is 18.2 Å². The van der Waals surface area contributed by atoms with Crippen molar-refractivity contribution in [2.45, 2.75) is 26.7 Å². The molecule has 0 saturated heterocycles. The van der Waals surface area contributed by atoms with Gasteiger partial charge in [-0.15, -0.1) is 0 Å². The van der Waals surface area contributed by atoms with Crippen LogP contribution in [0.25, 0.3) is 0 Å². The molecule has 4 heteroatoms. The number of carbonyl (C=O) groups is 1. The van der Waals surface area contributed by atoms with E-state index in [1.165, 1.54) is 0 Å². The normalized spacial score (nSPS) is 13.1. The molecule has 2 rings (SSSR count). The van der Waals surface area contributed by atoms with Crippen LogP contribution < -0.4 is 15.4 Å². The summed E-state index contributed by atoms with van der Waals surface area (Å²) in [6, 6.07) is 5.61. The number of urea groups is 1. The third-order valence-electron chi connectivity index (χ3n) is 2.95. The summed E-state index contributed by atoms with van der Waals surface area (Å²) in [5.74, 6) is 1.53. The monoisotopic (exact) mass is 248 g/mol. The summed E-state index contributed by atoms with van der Waals surface area (Å²) in [4.78, 5) is 11.6. The van der Waals surface area contributed by atoms with Crippen LogP contribution in [0.4, 0.5) is 10.5 Å². The van der Waals surface area contributed by atoms with E-state index in [9.17, 15) is 4.79 Å². The Kier molecular flexibility index (Phi) is 4.07. The first-order chi connectivity index (χ1) is 8.65. The number of carbonyl (C=O) groups excluding carboxylic acids is 1. The Morgan fingerprint density at radius 2 is 2.28 bits per heavy atom. The van der Waals surface area contributed by atoms with E-state index in [1.54, 1.807) is 0 Å². The number of hydrogen-bond donors (Lipinski definition) is 2. The zero-order chi connectivity index (χ0) is 13.0. The molecule has 0 aromatic heterocycles. The minimum atomic E-state index is -0.144. The van der Waals surface area contributed by atoms with Crippen LogP contribution in [0.5, 0.6) is 5.75 Å². The van der Waals surface area contributed by atoms with E-state index in [1.807, 2.05) is 18.2 Å². The highest BCUT2D eigenvalue weighted by Gasteiger charge is 2.12. The number of ether oxygens (including phenoxy) is 1. The van der Waals surface area contributed by atoms with Gasteiger partial charge in [0.2, 0.25) is 0 Å². The van der Waals surface area contributed by atoms with E-state index >= 15 is 0 Å². The van der Waals surface area contributed by atoms with E-state index in [0.29, 0.717) is 12.5 Å². The lowest BCUT2D eigenvalue weighted by molar-refractivity contribution is 0.251. The molecule has 1 heterocycles. The Hall–Kier alpha value is -1.71. The summed E-state index contributed by atoms with van der Waals surface area (Å²) in [6.07, 6.45) is 1.91. The second kappa shape index (κ2) is 5.76. The number of benzene rings is 1. The lowest BCUT2D eigenvalue weighted by Gasteiger charge is -2.09. The fraction of sp³-hybridized carbons (Fsp3) is 0.500. The number of rotatable bonds is 4. The molecular weight excluding hydrogens is 228 g/mol. The first kappa shape index (κ1) is 12.7. The van der Waals surface area contributed by atoms with Crippen molar-refractivity contribution < 1.29 is 9.53 Å². The van der Waals surface area contributed by atoms with Crippen molar-refractivity contribution in [1.29, 1.82) is 0 Å². The zero-order valence-electron chi connectivity index (χ0n) is 11.0. The van der Waals surface area contributed by atoms with Gasteiger partial charge in [0.15, 0.2) is 0 Å². The van der Waals surface area contributed by atoms with Crippen LogP contribution in [-0.2, 0) is 6.42 Å². The molecular formula is C14H20N2O2. The van der Waals surface area contributed by atoms with E-state index in [4.69, 9.17) is 4.74 Å². The van der Waals surface area contributed by atoms with Crippen molar-refractivity contribution in [1.82, 2.24) is 5.32 Å². The van der Waals surface area contributed by atoms with Crippen molar-refractivity contribution in [2.75, 3.05) is 18.5 Å². The van der Waals surface area contributed by atoms with Gasteiger partial charge in [0.1, 0.15) is 5.75 Å². The minimum absolute atomic E-state index is 0.144. The van der Waals surface area contributed by atoms with Crippen molar-refractivity contribution in [3.05, 3.63) is 23.8 Å². The fourth-order valence-electron chi connectivity index (χ4n) is 1.91. The third-order valence-corrected chi connectivity index (χ3v) is 2.95. The summed E-state index contributed by atoms with van der Waals surface area (Å²) in [6.45, 7) is 5.72. The van der Waals surface area contributed by atoms with Crippen LogP contribution in [0, 0.1) is 5.92 Å². The van der Waals surface area contributed by atoms with Gasteiger partial charge in [-0.1, -0.05) is 13.8 Å². The second-order valence-electron chi connectivity index (χ2n) is 4.98. The molecule has 0 atom stereocenters. The maximum atomic E-state index is 11.6. The van der Waals surface area contributed by atoms with Gasteiger partial charge in [0, 0.05) is 18.7 Å². The molecule has 1 aromatic carbocycles. The minimum Gasteiger partial charge on any atom is -0.493 e. The van der Waals surface area contributed by atoms with E-state index in [2.05, 4.69) is 24.5 Å². The number of hydrogen-bond acceptors (Lipinski definition) is 2. The smallest absolute Gasteiger partial charge is 0.319 e. The molecule has 0 radical (unpaired) electrons. The predicted octanol–water partition coefficient (Wildman–Crippen LogP) is 2.79. The Morgan fingerprint density at radius 1 is 1.44 bits per heavy atom. The van der Waals surface area contributed by atoms with Crippen molar-refractivity contribution in [3.8, 4) is 5.75 Å². The molecule has 0 spiro atoms. The van der Waals surface area contributed by atoms with Crippen LogP contribution in [0.2, 0.25) is 0 Å². The summed E-state index contributed by atoms with van der Waals surface area (Å²) in [5, 5.41) is 5.69.